The van der Waals surface area contributed by atoms with Gasteiger partial charge in [0.1, 0.15) is 0 Å². The number of hydrogen-bond donors (Lipinski definition) is 0. The first-order valence-electron chi connectivity index (χ1n) is 8.58. The van der Waals surface area contributed by atoms with Crippen molar-refractivity contribution in [2.75, 3.05) is 24.5 Å². The van der Waals surface area contributed by atoms with E-state index in [9.17, 15) is 0 Å². The lowest BCUT2D eigenvalue weighted by atomic mass is 9.87. The summed E-state index contributed by atoms with van der Waals surface area (Å²) in [5.41, 5.74) is 7.74. The molecule has 2 atom stereocenters. The first kappa shape index (κ1) is 12.7. The molecule has 1 aromatic rings. The Labute approximate surface area is 132 Å². The van der Waals surface area contributed by atoms with Gasteiger partial charge in [0.2, 0.25) is 0 Å². The second-order valence-corrected chi connectivity index (χ2v) is 6.82. The Morgan fingerprint density at radius 3 is 3.00 bits per heavy atom. The van der Waals surface area contributed by atoms with Crippen molar-refractivity contribution in [3.63, 3.8) is 0 Å². The van der Waals surface area contributed by atoms with Crippen molar-refractivity contribution < 1.29 is 0 Å². The van der Waals surface area contributed by atoms with E-state index < -0.39 is 0 Å². The van der Waals surface area contributed by atoms with Gasteiger partial charge in [0.25, 0.3) is 0 Å². The first-order chi connectivity index (χ1) is 10.9. The van der Waals surface area contributed by atoms with Gasteiger partial charge in [-0.25, -0.2) is 0 Å². The maximum Gasteiger partial charge on any atom is 0.0513 e. The Kier molecular flexibility index (Phi) is 2.66. The molecule has 2 aliphatic carbocycles. The van der Waals surface area contributed by atoms with Crippen molar-refractivity contribution in [3.8, 4) is 0 Å². The van der Waals surface area contributed by atoms with Gasteiger partial charge < -0.3 is 4.90 Å². The van der Waals surface area contributed by atoms with Gasteiger partial charge in [0.15, 0.2) is 0 Å². The Morgan fingerprint density at radius 1 is 1.18 bits per heavy atom. The molecule has 2 aliphatic heterocycles. The number of fused-ring (bicyclic) bond motifs is 2. The zero-order valence-electron chi connectivity index (χ0n) is 13.1. The molecule has 0 amide bonds. The molecule has 0 unspecified atom stereocenters. The van der Waals surface area contributed by atoms with Crippen molar-refractivity contribution in [3.05, 3.63) is 64.9 Å². The summed E-state index contributed by atoms with van der Waals surface area (Å²) in [7, 11) is 0. The average molecular weight is 290 g/mol. The lowest BCUT2D eigenvalue weighted by molar-refractivity contribution is 0.209. The summed E-state index contributed by atoms with van der Waals surface area (Å²) in [6.45, 7) is 5.78. The number of rotatable bonds is 1. The van der Waals surface area contributed by atoms with Crippen molar-refractivity contribution in [1.29, 1.82) is 0 Å². The molecule has 112 valence electrons. The van der Waals surface area contributed by atoms with Crippen molar-refractivity contribution >= 4 is 5.69 Å². The normalized spacial score (nSPS) is 29.1. The van der Waals surface area contributed by atoms with Crippen LogP contribution in [0.15, 0.2) is 59.3 Å². The molecular formula is C20H22N2. The molecular weight excluding hydrogens is 268 g/mol. The monoisotopic (exact) mass is 290 g/mol. The van der Waals surface area contributed by atoms with Crippen LogP contribution in [0.25, 0.3) is 0 Å². The van der Waals surface area contributed by atoms with Crippen molar-refractivity contribution in [2.24, 2.45) is 5.92 Å². The standard InChI is InChI=1S/C20H22N2/c1-2-21-10-11-22-17-9-4-3-6-14(17)12-15-7-5-8-16-13-18(21)20(22)19(15)16/h3-9,16,18H,2,10-13H2,1H3/t16-,18-/m1/s1. The minimum absolute atomic E-state index is 0.607. The van der Waals surface area contributed by atoms with Gasteiger partial charge in [-0.15, -0.1) is 0 Å². The van der Waals surface area contributed by atoms with Crippen LogP contribution in [-0.2, 0) is 6.42 Å². The maximum atomic E-state index is 2.68. The largest absolute Gasteiger partial charge is 0.342 e. The molecule has 4 aliphatic rings. The zero-order valence-corrected chi connectivity index (χ0v) is 13.1. The highest BCUT2D eigenvalue weighted by Gasteiger charge is 2.44. The minimum Gasteiger partial charge on any atom is -0.342 e. The highest BCUT2D eigenvalue weighted by Crippen LogP contribution is 2.49. The number of hydrogen-bond acceptors (Lipinski definition) is 2. The highest BCUT2D eigenvalue weighted by atomic mass is 15.3. The predicted octanol–water partition coefficient (Wildman–Crippen LogP) is 3.52. The van der Waals surface area contributed by atoms with Crippen LogP contribution in [0.2, 0.25) is 0 Å². The number of allylic oxidation sites excluding steroid dienone is 5. The van der Waals surface area contributed by atoms with Gasteiger partial charge >= 0.3 is 0 Å². The SMILES string of the molecule is CCN1CCN2C3=C4C(=CC=C[C@@H]4C[C@H]31)Cc1ccccc12. The molecule has 2 nitrogen and oxygen atoms in total. The maximum absolute atomic E-state index is 2.68. The minimum atomic E-state index is 0.607. The second-order valence-electron chi connectivity index (χ2n) is 6.82. The summed E-state index contributed by atoms with van der Waals surface area (Å²) in [6, 6.07) is 9.62. The molecule has 0 spiro atoms. The third-order valence-electron chi connectivity index (χ3n) is 5.84. The molecule has 0 radical (unpaired) electrons. The van der Waals surface area contributed by atoms with E-state index in [2.05, 4.69) is 59.2 Å². The van der Waals surface area contributed by atoms with E-state index >= 15 is 0 Å². The summed E-state index contributed by atoms with van der Waals surface area (Å²) in [5.74, 6) is 0.629. The molecule has 2 heteroatoms. The molecule has 5 rings (SSSR count). The molecule has 0 N–H and O–H groups in total. The van der Waals surface area contributed by atoms with E-state index in [1.807, 2.05) is 0 Å². The number of para-hydroxylation sites is 1. The molecule has 0 aromatic heterocycles. The molecule has 0 saturated carbocycles. The van der Waals surface area contributed by atoms with E-state index in [-0.39, 0.29) is 0 Å². The van der Waals surface area contributed by atoms with Gasteiger partial charge in [-0.1, -0.05) is 43.4 Å². The fourth-order valence-electron chi connectivity index (χ4n) is 4.88. The highest BCUT2D eigenvalue weighted by molar-refractivity contribution is 5.68. The summed E-state index contributed by atoms with van der Waals surface area (Å²) in [5, 5.41) is 0. The lowest BCUT2D eigenvalue weighted by Crippen LogP contribution is -2.50. The fourth-order valence-corrected chi connectivity index (χ4v) is 4.88. The zero-order chi connectivity index (χ0) is 14.7. The van der Waals surface area contributed by atoms with E-state index in [0.29, 0.717) is 12.0 Å². The molecule has 1 fully saturated rings. The topological polar surface area (TPSA) is 6.48 Å². The van der Waals surface area contributed by atoms with E-state index in [4.69, 9.17) is 0 Å². The van der Waals surface area contributed by atoms with Crippen LogP contribution in [0, 0.1) is 5.92 Å². The number of piperazine rings is 1. The van der Waals surface area contributed by atoms with Crippen LogP contribution < -0.4 is 4.90 Å². The Balaban J connectivity index is 1.75. The average Bonchev–Trinajstić information content (AvgIpc) is 2.88. The van der Waals surface area contributed by atoms with Gasteiger partial charge in [-0.05, 0) is 42.2 Å². The molecule has 2 heterocycles. The molecule has 0 bridgehead atoms. The Morgan fingerprint density at radius 2 is 2.09 bits per heavy atom. The summed E-state index contributed by atoms with van der Waals surface area (Å²) in [4.78, 5) is 5.32. The molecule has 1 saturated heterocycles. The molecule has 22 heavy (non-hydrogen) atoms. The quantitative estimate of drug-likeness (QED) is 0.781. The molecule has 1 aromatic carbocycles. The van der Waals surface area contributed by atoms with Crippen LogP contribution in [0.5, 0.6) is 0 Å². The van der Waals surface area contributed by atoms with Crippen LogP contribution in [-0.4, -0.2) is 30.6 Å². The second kappa shape index (κ2) is 4.60. The van der Waals surface area contributed by atoms with Gasteiger partial charge in [-0.2, -0.15) is 0 Å². The van der Waals surface area contributed by atoms with E-state index in [1.54, 1.807) is 16.8 Å². The fraction of sp³-hybridized carbons (Fsp3) is 0.400. The lowest BCUT2D eigenvalue weighted by Gasteiger charge is -2.42. The summed E-state index contributed by atoms with van der Waals surface area (Å²) in [6.07, 6.45) is 9.42. The smallest absolute Gasteiger partial charge is 0.0513 e. The van der Waals surface area contributed by atoms with Crippen molar-refractivity contribution in [1.82, 2.24) is 4.90 Å². The van der Waals surface area contributed by atoms with Gasteiger partial charge in [0.05, 0.1) is 6.04 Å². The predicted molar refractivity (Wildman–Crippen MR) is 90.9 cm³/mol. The first-order valence-corrected chi connectivity index (χ1v) is 8.58. The summed E-state index contributed by atoms with van der Waals surface area (Å²) >= 11 is 0. The number of nitrogens with zero attached hydrogens (tertiary/aromatic N) is 2. The van der Waals surface area contributed by atoms with Crippen LogP contribution in [0.4, 0.5) is 5.69 Å². The van der Waals surface area contributed by atoms with Crippen LogP contribution in [0.3, 0.4) is 0 Å². The van der Waals surface area contributed by atoms with Gasteiger partial charge in [0, 0.05) is 30.4 Å². The third kappa shape index (κ3) is 1.59. The van der Waals surface area contributed by atoms with Crippen LogP contribution in [0.1, 0.15) is 18.9 Å². The number of anilines is 1. The van der Waals surface area contributed by atoms with E-state index in [1.165, 1.54) is 24.2 Å². The number of benzene rings is 1. The van der Waals surface area contributed by atoms with Crippen LogP contribution >= 0.6 is 0 Å². The van der Waals surface area contributed by atoms with E-state index in [0.717, 1.165) is 19.5 Å². The third-order valence-corrected chi connectivity index (χ3v) is 5.84. The van der Waals surface area contributed by atoms with Gasteiger partial charge in [-0.3, -0.25) is 4.90 Å². The number of likely N-dealkylation sites (N-methyl/N-ethyl adjacent to an activating group) is 1. The van der Waals surface area contributed by atoms with Crippen molar-refractivity contribution in [2.45, 2.75) is 25.8 Å². The Hall–Kier alpha value is -1.80. The summed E-state index contributed by atoms with van der Waals surface area (Å²) < 4.78 is 0. The Bertz CT molecular complexity index is 725.